The van der Waals surface area contributed by atoms with Crippen LogP contribution in [0, 0.1) is 0 Å². The van der Waals surface area contributed by atoms with E-state index in [0.717, 1.165) is 0 Å². The Morgan fingerprint density at radius 2 is 2.38 bits per heavy atom. The maximum Gasteiger partial charge on any atom is 0.194 e. The molecule has 21 heavy (non-hydrogen) atoms. The van der Waals surface area contributed by atoms with E-state index in [1.165, 1.54) is 6.92 Å². The van der Waals surface area contributed by atoms with Gasteiger partial charge in [0.15, 0.2) is 22.9 Å². The molecule has 0 aliphatic rings. The molecular weight excluding hydrogens is 270 g/mol. The van der Waals surface area contributed by atoms with Crippen molar-refractivity contribution in [2.75, 3.05) is 13.2 Å². The van der Waals surface area contributed by atoms with Crippen LogP contribution in [0.25, 0.3) is 11.0 Å². The molecule has 0 amide bonds. The van der Waals surface area contributed by atoms with Gasteiger partial charge >= 0.3 is 0 Å². The highest BCUT2D eigenvalue weighted by Gasteiger charge is 2.13. The van der Waals surface area contributed by atoms with Crippen LogP contribution in [-0.4, -0.2) is 36.2 Å². The number of hydrogen-bond acceptors (Lipinski definition) is 5. The first-order chi connectivity index (χ1) is 12.8. The summed E-state index contributed by atoms with van der Waals surface area (Å²) < 4.78 is 62.7. The highest BCUT2D eigenvalue weighted by molar-refractivity contribution is 5.97. The van der Waals surface area contributed by atoms with Gasteiger partial charge in [0.1, 0.15) is 12.7 Å². The van der Waals surface area contributed by atoms with Gasteiger partial charge in [0.2, 0.25) is 0 Å². The van der Waals surface area contributed by atoms with Gasteiger partial charge in [0, 0.05) is 34.5 Å². The predicted octanol–water partition coefficient (Wildman–Crippen LogP) is 2.37. The third-order valence-electron chi connectivity index (χ3n) is 2.80. The van der Waals surface area contributed by atoms with Gasteiger partial charge in [-0.2, -0.15) is 0 Å². The molecule has 0 radical (unpaired) electrons. The van der Waals surface area contributed by atoms with E-state index in [1.807, 2.05) is 0 Å². The van der Waals surface area contributed by atoms with Crippen molar-refractivity contribution in [3.63, 3.8) is 0 Å². The number of carbonyl (C=O) groups excluding carboxylic acids is 1. The van der Waals surface area contributed by atoms with Gasteiger partial charge in [-0.25, -0.2) is 0 Å². The number of fused-ring (bicyclic) bond motifs is 1. The van der Waals surface area contributed by atoms with E-state index >= 15 is 0 Å². The topological polar surface area (TPSA) is 71.7 Å². The van der Waals surface area contributed by atoms with Crippen molar-refractivity contribution in [1.82, 2.24) is 5.32 Å². The van der Waals surface area contributed by atoms with Crippen molar-refractivity contribution in [3.05, 3.63) is 30.0 Å². The number of ketones is 1. The lowest BCUT2D eigenvalue weighted by Gasteiger charge is -2.15. The number of Topliss-reactive ketones (excluding diaryl/α,β-unsaturated/α-hetero) is 1. The molecule has 0 aliphatic heterocycles. The van der Waals surface area contributed by atoms with Gasteiger partial charge in [-0.3, -0.25) is 4.79 Å². The molecule has 2 N–H and O–H groups in total. The summed E-state index contributed by atoms with van der Waals surface area (Å²) >= 11 is 0. The van der Waals surface area contributed by atoms with Gasteiger partial charge in [-0.1, -0.05) is 25.8 Å². The number of ether oxygens (including phenoxy) is 1. The third kappa shape index (κ3) is 4.06. The summed E-state index contributed by atoms with van der Waals surface area (Å²) in [5.74, 6) is 0.156. The summed E-state index contributed by atoms with van der Waals surface area (Å²) in [5.41, 5.74) is 0.313. The van der Waals surface area contributed by atoms with Gasteiger partial charge < -0.3 is 19.6 Å². The zero-order valence-electron chi connectivity index (χ0n) is 18.5. The fraction of sp³-hybridized carbons (Fsp3) is 0.438. The van der Waals surface area contributed by atoms with Crippen LogP contribution in [0.1, 0.15) is 40.8 Å². The SMILES string of the molecule is [2H]C([2H])([2H])C([2H])(NCC(O)COc1cccc2cc(C(C)=O)oc12)C([2H])([2H])[2H]. The van der Waals surface area contributed by atoms with Gasteiger partial charge in [-0.05, 0) is 12.1 Å². The fourth-order valence-electron chi connectivity index (χ4n) is 1.79. The number of rotatable bonds is 7. The summed E-state index contributed by atoms with van der Waals surface area (Å²) in [4.78, 5) is 11.4. The van der Waals surface area contributed by atoms with Crippen molar-refractivity contribution in [2.45, 2.75) is 32.7 Å². The maximum atomic E-state index is 11.4. The lowest BCUT2D eigenvalue weighted by molar-refractivity contribution is 0.0985. The second-order valence-electron chi connectivity index (χ2n) is 4.56. The van der Waals surface area contributed by atoms with Crippen LogP contribution in [0.3, 0.4) is 0 Å². The highest BCUT2D eigenvalue weighted by Crippen LogP contribution is 2.29. The van der Waals surface area contributed by atoms with Crippen molar-refractivity contribution < 1.29 is 28.7 Å². The Hall–Kier alpha value is -1.85. The van der Waals surface area contributed by atoms with Crippen LogP contribution in [0.4, 0.5) is 0 Å². The monoisotopic (exact) mass is 298 g/mol. The van der Waals surface area contributed by atoms with E-state index in [-0.39, 0.29) is 23.9 Å². The normalized spacial score (nSPS) is 19.4. The average Bonchev–Trinajstić information content (AvgIpc) is 3.00. The zero-order valence-corrected chi connectivity index (χ0v) is 11.5. The van der Waals surface area contributed by atoms with E-state index in [2.05, 4.69) is 5.32 Å². The second-order valence-corrected chi connectivity index (χ2v) is 4.56. The first kappa shape index (κ1) is 8.56. The van der Waals surface area contributed by atoms with Gasteiger partial charge in [0.05, 0.1) is 0 Å². The minimum absolute atomic E-state index is 0.155. The minimum Gasteiger partial charge on any atom is -0.487 e. The summed E-state index contributed by atoms with van der Waals surface area (Å²) in [7, 11) is 0. The molecule has 0 aliphatic carbocycles. The summed E-state index contributed by atoms with van der Waals surface area (Å²) in [6, 6.07) is 3.58. The van der Waals surface area contributed by atoms with Crippen LogP contribution in [0.15, 0.2) is 28.7 Å². The van der Waals surface area contributed by atoms with Crippen LogP contribution in [0.5, 0.6) is 5.75 Å². The third-order valence-corrected chi connectivity index (χ3v) is 2.80. The summed E-state index contributed by atoms with van der Waals surface area (Å²) in [6.45, 7) is -5.73. The van der Waals surface area contributed by atoms with E-state index in [0.29, 0.717) is 11.0 Å². The lowest BCUT2D eigenvalue weighted by atomic mass is 10.2. The predicted molar refractivity (Wildman–Crippen MR) is 80.9 cm³/mol. The summed E-state index contributed by atoms with van der Waals surface area (Å²) in [5, 5.41) is 12.8. The number of carbonyl (C=O) groups is 1. The molecule has 1 aromatic heterocycles. The molecule has 0 saturated heterocycles. The van der Waals surface area contributed by atoms with E-state index in [9.17, 15) is 9.90 Å². The largest absolute Gasteiger partial charge is 0.487 e. The van der Waals surface area contributed by atoms with Crippen LogP contribution in [-0.2, 0) is 0 Å². The van der Waals surface area contributed by atoms with Crippen LogP contribution in [0.2, 0.25) is 0 Å². The van der Waals surface area contributed by atoms with E-state index in [4.69, 9.17) is 18.7 Å². The molecule has 1 atom stereocenters. The van der Waals surface area contributed by atoms with E-state index in [1.54, 1.807) is 24.3 Å². The van der Waals surface area contributed by atoms with E-state index < -0.39 is 32.4 Å². The number of benzene rings is 1. The molecule has 5 heteroatoms. The van der Waals surface area contributed by atoms with Crippen LogP contribution < -0.4 is 10.1 Å². The van der Waals surface area contributed by atoms with Crippen LogP contribution >= 0.6 is 0 Å². The van der Waals surface area contributed by atoms with Crippen molar-refractivity contribution in [2.24, 2.45) is 0 Å². The second kappa shape index (κ2) is 6.74. The van der Waals surface area contributed by atoms with Crippen molar-refractivity contribution in [3.8, 4) is 5.75 Å². The standard InChI is InChI=1S/C16H21NO4/c1-10(2)17-8-13(19)9-20-14-6-4-5-12-7-15(11(3)18)21-16(12)14/h4-7,10,13,17,19H,8-9H2,1-3H3/i1D3,2D3,10D. The molecule has 5 nitrogen and oxygen atoms in total. The molecular formula is C16H21NO4. The van der Waals surface area contributed by atoms with Crippen molar-refractivity contribution >= 4 is 16.8 Å². The Labute approximate surface area is 133 Å². The minimum atomic E-state index is -3.14. The molecule has 0 fully saturated rings. The Morgan fingerprint density at radius 3 is 3.10 bits per heavy atom. The molecule has 1 unspecified atom stereocenters. The lowest BCUT2D eigenvalue weighted by Crippen LogP contribution is -2.35. The van der Waals surface area contributed by atoms with Gasteiger partial charge in [-0.15, -0.1) is 0 Å². The Morgan fingerprint density at radius 1 is 1.57 bits per heavy atom. The molecule has 1 heterocycles. The molecule has 2 aromatic rings. The molecule has 2 rings (SSSR count). The number of aliphatic hydroxyl groups excluding tert-OH is 1. The summed E-state index contributed by atoms with van der Waals surface area (Å²) in [6.07, 6.45) is -1.30. The maximum absolute atomic E-state index is 11.4. The number of aliphatic hydroxyl groups is 1. The quantitative estimate of drug-likeness (QED) is 0.768. The fourth-order valence-corrected chi connectivity index (χ4v) is 1.79. The Bertz CT molecular complexity index is 830. The molecule has 1 aromatic carbocycles. The number of para-hydroxylation sites is 1. The average molecular weight is 298 g/mol. The number of furan rings is 1. The first-order valence-corrected chi connectivity index (χ1v) is 6.35. The first-order valence-electron chi connectivity index (χ1n) is 9.85. The van der Waals surface area contributed by atoms with Crippen molar-refractivity contribution in [1.29, 1.82) is 0 Å². The molecule has 0 spiro atoms. The number of nitrogens with one attached hydrogen (secondary N) is 1. The van der Waals surface area contributed by atoms with Gasteiger partial charge in [0.25, 0.3) is 0 Å². The molecule has 114 valence electrons. The molecule has 0 bridgehead atoms. The smallest absolute Gasteiger partial charge is 0.194 e. The molecule has 0 saturated carbocycles. The highest BCUT2D eigenvalue weighted by atomic mass is 16.5. The Kier molecular flexibility index (Phi) is 2.75. The zero-order chi connectivity index (χ0) is 21.3. The Balaban J connectivity index is 2.06. The number of hydrogen-bond donors (Lipinski definition) is 2.